The van der Waals surface area contributed by atoms with Crippen LogP contribution < -0.4 is 5.32 Å². The molecule has 4 nitrogen and oxygen atoms in total. The number of carbonyl (C=O) groups is 1. The molecule has 0 fully saturated rings. The van der Waals surface area contributed by atoms with Crippen LogP contribution in [0.4, 0.5) is 5.69 Å². The zero-order chi connectivity index (χ0) is 16.5. The summed E-state index contributed by atoms with van der Waals surface area (Å²) < 4.78 is 5.43. The van der Waals surface area contributed by atoms with Crippen LogP contribution in [-0.2, 0) is 6.54 Å². The molecule has 2 heterocycles. The monoisotopic (exact) mass is 338 g/mol. The lowest BCUT2D eigenvalue weighted by Gasteiger charge is -2.37. The predicted molar refractivity (Wildman–Crippen MR) is 92.8 cm³/mol. The first-order chi connectivity index (χ1) is 11.7. The van der Waals surface area contributed by atoms with Crippen LogP contribution in [0.15, 0.2) is 71.3 Å². The normalized spacial score (nSPS) is 16.6. The van der Waals surface area contributed by atoms with Gasteiger partial charge in [-0.25, -0.2) is 0 Å². The van der Waals surface area contributed by atoms with Crippen LogP contribution in [0.3, 0.4) is 0 Å². The number of hydrogen-bond acceptors (Lipinski definition) is 3. The molecule has 0 bridgehead atoms. The first-order valence-electron chi connectivity index (χ1n) is 7.67. The van der Waals surface area contributed by atoms with Gasteiger partial charge in [-0.1, -0.05) is 35.9 Å². The van der Waals surface area contributed by atoms with E-state index in [2.05, 4.69) is 5.32 Å². The summed E-state index contributed by atoms with van der Waals surface area (Å²) in [5.41, 5.74) is 2.46. The average Bonchev–Trinajstić information content (AvgIpc) is 3.11. The standard InChI is InChI=1S/C19H15ClN2O2/c20-14-9-7-13(8-10-14)18-21-17-6-2-1-5-16(17)19(23)22(18)12-15-4-3-11-24-15/h1-11,18,21H,12H2/t18-/m1/s1. The van der Waals surface area contributed by atoms with Gasteiger partial charge in [-0.2, -0.15) is 0 Å². The van der Waals surface area contributed by atoms with E-state index in [1.54, 1.807) is 11.2 Å². The van der Waals surface area contributed by atoms with Crippen molar-refractivity contribution in [3.8, 4) is 0 Å². The van der Waals surface area contributed by atoms with Crippen LogP contribution in [0, 0.1) is 0 Å². The van der Waals surface area contributed by atoms with Gasteiger partial charge in [0.2, 0.25) is 0 Å². The third-order valence-electron chi connectivity index (χ3n) is 4.11. The number of fused-ring (bicyclic) bond motifs is 1. The Balaban J connectivity index is 1.76. The highest BCUT2D eigenvalue weighted by atomic mass is 35.5. The largest absolute Gasteiger partial charge is 0.467 e. The van der Waals surface area contributed by atoms with Crippen LogP contribution in [0.1, 0.15) is 27.8 Å². The maximum Gasteiger partial charge on any atom is 0.258 e. The third-order valence-corrected chi connectivity index (χ3v) is 4.37. The number of halogens is 1. The van der Waals surface area contributed by atoms with Gasteiger partial charge in [0.25, 0.3) is 5.91 Å². The van der Waals surface area contributed by atoms with Crippen LogP contribution in [0.5, 0.6) is 0 Å². The zero-order valence-corrected chi connectivity index (χ0v) is 13.5. The highest BCUT2D eigenvalue weighted by Gasteiger charge is 2.33. The number of nitrogens with one attached hydrogen (secondary N) is 1. The Bertz CT molecular complexity index is 859. The zero-order valence-electron chi connectivity index (χ0n) is 12.8. The van der Waals surface area contributed by atoms with Gasteiger partial charge in [-0.3, -0.25) is 4.79 Å². The Morgan fingerprint density at radius 2 is 1.83 bits per heavy atom. The van der Waals surface area contributed by atoms with Gasteiger partial charge < -0.3 is 14.6 Å². The van der Waals surface area contributed by atoms with Gasteiger partial charge in [0.15, 0.2) is 0 Å². The topological polar surface area (TPSA) is 45.5 Å². The Labute approximate surface area is 144 Å². The summed E-state index contributed by atoms with van der Waals surface area (Å²) >= 11 is 6.00. The summed E-state index contributed by atoms with van der Waals surface area (Å²) in [5, 5.41) is 4.11. The number of amides is 1. The number of carbonyl (C=O) groups excluding carboxylic acids is 1. The fraction of sp³-hybridized carbons (Fsp3) is 0.105. The average molecular weight is 339 g/mol. The lowest BCUT2D eigenvalue weighted by molar-refractivity contribution is 0.0651. The van der Waals surface area contributed by atoms with Crippen LogP contribution >= 0.6 is 11.6 Å². The maximum atomic E-state index is 13.0. The Morgan fingerprint density at radius 3 is 2.58 bits per heavy atom. The second-order valence-electron chi connectivity index (χ2n) is 5.66. The molecule has 0 saturated carbocycles. The SMILES string of the molecule is O=C1c2ccccc2N[C@@H](c2ccc(Cl)cc2)N1Cc1ccco1. The summed E-state index contributed by atoms with van der Waals surface area (Å²) in [7, 11) is 0. The van der Waals surface area contributed by atoms with Crippen molar-refractivity contribution in [1.29, 1.82) is 0 Å². The van der Waals surface area contributed by atoms with Gasteiger partial charge in [0.1, 0.15) is 11.9 Å². The summed E-state index contributed by atoms with van der Waals surface area (Å²) in [4.78, 5) is 14.8. The minimum absolute atomic E-state index is 0.0271. The van der Waals surface area contributed by atoms with Gasteiger partial charge in [-0.05, 0) is 42.0 Å². The Hall–Kier alpha value is -2.72. The molecule has 1 aliphatic rings. The second-order valence-corrected chi connectivity index (χ2v) is 6.09. The molecule has 1 aromatic heterocycles. The molecule has 5 heteroatoms. The van der Waals surface area contributed by atoms with Crippen molar-refractivity contribution >= 4 is 23.2 Å². The molecule has 0 saturated heterocycles. The molecule has 3 aromatic rings. The lowest BCUT2D eigenvalue weighted by Crippen LogP contribution is -2.42. The van der Waals surface area contributed by atoms with E-state index in [1.165, 1.54) is 0 Å². The summed E-state index contributed by atoms with van der Waals surface area (Å²) in [6, 6.07) is 18.7. The van der Waals surface area contributed by atoms with E-state index in [9.17, 15) is 4.79 Å². The summed E-state index contributed by atoms with van der Waals surface area (Å²) in [6.45, 7) is 0.389. The molecular weight excluding hydrogens is 324 g/mol. The minimum atomic E-state index is -0.283. The Morgan fingerprint density at radius 1 is 1.04 bits per heavy atom. The summed E-state index contributed by atoms with van der Waals surface area (Å²) in [6.07, 6.45) is 1.33. The first kappa shape index (κ1) is 14.8. The molecule has 1 atom stereocenters. The number of hydrogen-bond donors (Lipinski definition) is 1. The minimum Gasteiger partial charge on any atom is -0.467 e. The van der Waals surface area contributed by atoms with Crippen LogP contribution in [-0.4, -0.2) is 10.8 Å². The van der Waals surface area contributed by atoms with E-state index in [0.29, 0.717) is 17.1 Å². The second kappa shape index (κ2) is 6.06. The van der Waals surface area contributed by atoms with E-state index in [-0.39, 0.29) is 12.1 Å². The van der Waals surface area contributed by atoms with Gasteiger partial charge in [0, 0.05) is 10.7 Å². The van der Waals surface area contributed by atoms with Crippen molar-refractivity contribution in [2.24, 2.45) is 0 Å². The molecule has 24 heavy (non-hydrogen) atoms. The number of anilines is 1. The fourth-order valence-corrected chi connectivity index (χ4v) is 3.06. The molecule has 0 unspecified atom stereocenters. The molecule has 0 spiro atoms. The number of benzene rings is 2. The smallest absolute Gasteiger partial charge is 0.258 e. The molecule has 0 aliphatic carbocycles. The number of furan rings is 1. The molecule has 1 N–H and O–H groups in total. The molecule has 1 amide bonds. The third kappa shape index (κ3) is 2.65. The van der Waals surface area contributed by atoms with Gasteiger partial charge in [-0.15, -0.1) is 0 Å². The molecular formula is C19H15ClN2O2. The van der Waals surface area contributed by atoms with E-state index in [1.807, 2.05) is 60.7 Å². The Kier molecular flexibility index (Phi) is 3.75. The van der Waals surface area contributed by atoms with Crippen molar-refractivity contribution in [2.45, 2.75) is 12.7 Å². The van der Waals surface area contributed by atoms with E-state index < -0.39 is 0 Å². The van der Waals surface area contributed by atoms with Crippen LogP contribution in [0.25, 0.3) is 0 Å². The lowest BCUT2D eigenvalue weighted by atomic mass is 10.0. The maximum absolute atomic E-state index is 13.0. The molecule has 120 valence electrons. The van der Waals surface area contributed by atoms with Crippen molar-refractivity contribution in [3.05, 3.63) is 88.8 Å². The van der Waals surface area contributed by atoms with Gasteiger partial charge in [0.05, 0.1) is 18.4 Å². The molecule has 1 aliphatic heterocycles. The molecule has 0 radical (unpaired) electrons. The quantitative estimate of drug-likeness (QED) is 0.753. The van der Waals surface area contributed by atoms with Gasteiger partial charge >= 0.3 is 0 Å². The molecule has 2 aromatic carbocycles. The van der Waals surface area contributed by atoms with Crippen molar-refractivity contribution < 1.29 is 9.21 Å². The van der Waals surface area contributed by atoms with Crippen molar-refractivity contribution in [1.82, 2.24) is 4.90 Å². The number of rotatable bonds is 3. The number of para-hydroxylation sites is 1. The first-order valence-corrected chi connectivity index (χ1v) is 8.04. The van der Waals surface area contributed by atoms with E-state index in [0.717, 1.165) is 17.0 Å². The summed E-state index contributed by atoms with van der Waals surface area (Å²) in [5.74, 6) is 0.712. The predicted octanol–water partition coefficient (Wildman–Crippen LogP) is 4.70. The highest BCUT2D eigenvalue weighted by Crippen LogP contribution is 2.34. The fourth-order valence-electron chi connectivity index (χ4n) is 2.93. The van der Waals surface area contributed by atoms with E-state index >= 15 is 0 Å². The molecule has 4 rings (SSSR count). The number of nitrogens with zero attached hydrogens (tertiary/aromatic N) is 1. The van der Waals surface area contributed by atoms with Crippen molar-refractivity contribution in [3.63, 3.8) is 0 Å². The van der Waals surface area contributed by atoms with Crippen molar-refractivity contribution in [2.75, 3.05) is 5.32 Å². The van der Waals surface area contributed by atoms with E-state index in [4.69, 9.17) is 16.0 Å². The highest BCUT2D eigenvalue weighted by molar-refractivity contribution is 6.30. The van der Waals surface area contributed by atoms with Crippen LogP contribution in [0.2, 0.25) is 5.02 Å².